The SMILES string of the molecule is Cc1noc(Cc2ccccc2NC(=O)c2ccc(F)cc2F)n1. The van der Waals surface area contributed by atoms with Gasteiger partial charge in [0.2, 0.25) is 5.89 Å². The Balaban J connectivity index is 1.83. The highest BCUT2D eigenvalue weighted by Crippen LogP contribution is 2.20. The Kier molecular flexibility index (Phi) is 4.33. The molecule has 2 aromatic carbocycles. The first-order valence-corrected chi connectivity index (χ1v) is 7.16. The van der Waals surface area contributed by atoms with Gasteiger partial charge < -0.3 is 9.84 Å². The molecular weight excluding hydrogens is 316 g/mol. The summed E-state index contributed by atoms with van der Waals surface area (Å²) in [5.41, 5.74) is 0.985. The topological polar surface area (TPSA) is 68.0 Å². The van der Waals surface area contributed by atoms with Crippen molar-refractivity contribution in [1.82, 2.24) is 10.1 Å². The molecule has 0 bridgehead atoms. The summed E-state index contributed by atoms with van der Waals surface area (Å²) in [4.78, 5) is 16.3. The zero-order valence-corrected chi connectivity index (χ0v) is 12.7. The van der Waals surface area contributed by atoms with Crippen LogP contribution in [0.5, 0.6) is 0 Å². The Morgan fingerprint density at radius 1 is 1.21 bits per heavy atom. The van der Waals surface area contributed by atoms with Gasteiger partial charge >= 0.3 is 0 Å². The van der Waals surface area contributed by atoms with Crippen LogP contribution in [0.2, 0.25) is 0 Å². The minimum absolute atomic E-state index is 0.236. The van der Waals surface area contributed by atoms with Crippen molar-refractivity contribution in [3.8, 4) is 0 Å². The lowest BCUT2D eigenvalue weighted by molar-refractivity contribution is 0.102. The molecule has 0 spiro atoms. The van der Waals surface area contributed by atoms with E-state index in [1.165, 1.54) is 0 Å². The molecular formula is C17H13F2N3O2. The fourth-order valence-corrected chi connectivity index (χ4v) is 2.23. The maximum Gasteiger partial charge on any atom is 0.258 e. The van der Waals surface area contributed by atoms with Crippen molar-refractivity contribution in [2.45, 2.75) is 13.3 Å². The summed E-state index contributed by atoms with van der Waals surface area (Å²) in [6.45, 7) is 1.71. The molecule has 1 aromatic heterocycles. The molecule has 122 valence electrons. The number of benzene rings is 2. The van der Waals surface area contributed by atoms with Crippen molar-refractivity contribution < 1.29 is 18.1 Å². The second-order valence-electron chi connectivity index (χ2n) is 5.15. The van der Waals surface area contributed by atoms with E-state index in [4.69, 9.17) is 4.52 Å². The van der Waals surface area contributed by atoms with Gasteiger partial charge in [-0.3, -0.25) is 4.79 Å². The molecule has 1 N–H and O–H groups in total. The first kappa shape index (κ1) is 15.8. The van der Waals surface area contributed by atoms with Crippen LogP contribution < -0.4 is 5.32 Å². The normalized spacial score (nSPS) is 10.6. The average Bonchev–Trinajstić information content (AvgIpc) is 2.94. The van der Waals surface area contributed by atoms with E-state index >= 15 is 0 Å². The second-order valence-corrected chi connectivity index (χ2v) is 5.15. The molecule has 0 unspecified atom stereocenters. The molecule has 0 fully saturated rings. The number of amides is 1. The summed E-state index contributed by atoms with van der Waals surface area (Å²) in [5, 5.41) is 6.34. The molecule has 0 atom stereocenters. The van der Waals surface area contributed by atoms with Gasteiger partial charge in [0.15, 0.2) is 5.82 Å². The van der Waals surface area contributed by atoms with Gasteiger partial charge in [0.1, 0.15) is 11.6 Å². The Labute approximate surface area is 136 Å². The Morgan fingerprint density at radius 2 is 2.00 bits per heavy atom. The standard InChI is InChI=1S/C17H13F2N3O2/c1-10-20-16(24-22-10)8-11-4-2-3-5-15(11)21-17(23)13-7-6-12(18)9-14(13)19/h2-7,9H,8H2,1H3,(H,21,23). The van der Waals surface area contributed by atoms with E-state index in [0.717, 1.165) is 17.7 Å². The van der Waals surface area contributed by atoms with Crippen LogP contribution in [0.4, 0.5) is 14.5 Å². The summed E-state index contributed by atoms with van der Waals surface area (Å²) >= 11 is 0. The monoisotopic (exact) mass is 329 g/mol. The van der Waals surface area contributed by atoms with Crippen LogP contribution >= 0.6 is 0 Å². The number of anilines is 1. The molecule has 1 heterocycles. The first-order valence-electron chi connectivity index (χ1n) is 7.16. The summed E-state index contributed by atoms with van der Waals surface area (Å²) in [5.74, 6) is -1.41. The third kappa shape index (κ3) is 3.45. The third-order valence-electron chi connectivity index (χ3n) is 3.35. The zero-order valence-electron chi connectivity index (χ0n) is 12.7. The van der Waals surface area contributed by atoms with Gasteiger partial charge in [-0.05, 0) is 30.7 Å². The highest BCUT2D eigenvalue weighted by molar-refractivity contribution is 6.04. The second kappa shape index (κ2) is 6.57. The van der Waals surface area contributed by atoms with Crippen molar-refractivity contribution in [1.29, 1.82) is 0 Å². The van der Waals surface area contributed by atoms with Gasteiger partial charge in [-0.25, -0.2) is 8.78 Å². The average molecular weight is 329 g/mol. The van der Waals surface area contributed by atoms with Crippen molar-refractivity contribution in [2.24, 2.45) is 0 Å². The van der Waals surface area contributed by atoms with E-state index in [9.17, 15) is 13.6 Å². The predicted octanol–water partition coefficient (Wildman–Crippen LogP) is 3.50. The lowest BCUT2D eigenvalue weighted by Gasteiger charge is -2.10. The van der Waals surface area contributed by atoms with Gasteiger partial charge in [0.25, 0.3) is 5.91 Å². The van der Waals surface area contributed by atoms with Crippen LogP contribution in [0.15, 0.2) is 47.0 Å². The third-order valence-corrected chi connectivity index (χ3v) is 3.35. The van der Waals surface area contributed by atoms with E-state index in [2.05, 4.69) is 15.5 Å². The number of halogens is 2. The van der Waals surface area contributed by atoms with Crippen molar-refractivity contribution in [3.05, 3.63) is 76.9 Å². The molecule has 0 radical (unpaired) electrons. The number of nitrogens with zero attached hydrogens (tertiary/aromatic N) is 2. The van der Waals surface area contributed by atoms with Gasteiger partial charge in [-0.1, -0.05) is 23.4 Å². The number of hydrogen-bond acceptors (Lipinski definition) is 4. The summed E-state index contributed by atoms with van der Waals surface area (Å²) in [6.07, 6.45) is 0.323. The number of aryl methyl sites for hydroxylation is 1. The van der Waals surface area contributed by atoms with Crippen LogP contribution in [0.1, 0.15) is 27.6 Å². The van der Waals surface area contributed by atoms with Crippen LogP contribution in [0, 0.1) is 18.6 Å². The van der Waals surface area contributed by atoms with E-state index in [1.54, 1.807) is 31.2 Å². The number of aromatic nitrogens is 2. The van der Waals surface area contributed by atoms with E-state index in [1.807, 2.05) is 0 Å². The Bertz CT molecular complexity index is 893. The number of rotatable bonds is 4. The zero-order chi connectivity index (χ0) is 17.1. The molecule has 7 heteroatoms. The highest BCUT2D eigenvalue weighted by Gasteiger charge is 2.15. The molecule has 0 aliphatic heterocycles. The summed E-state index contributed by atoms with van der Waals surface area (Å²) < 4.78 is 31.7. The Hall–Kier alpha value is -3.09. The molecule has 5 nitrogen and oxygen atoms in total. The minimum Gasteiger partial charge on any atom is -0.339 e. The van der Waals surface area contributed by atoms with Crippen LogP contribution in [0.25, 0.3) is 0 Å². The lowest BCUT2D eigenvalue weighted by Crippen LogP contribution is -2.15. The largest absolute Gasteiger partial charge is 0.339 e. The number of nitrogens with one attached hydrogen (secondary N) is 1. The van der Waals surface area contributed by atoms with Crippen molar-refractivity contribution in [3.63, 3.8) is 0 Å². The first-order chi connectivity index (χ1) is 11.5. The predicted molar refractivity (Wildman–Crippen MR) is 82.6 cm³/mol. The smallest absolute Gasteiger partial charge is 0.258 e. The highest BCUT2D eigenvalue weighted by atomic mass is 19.1. The maximum atomic E-state index is 13.7. The van der Waals surface area contributed by atoms with Crippen molar-refractivity contribution >= 4 is 11.6 Å². The maximum absolute atomic E-state index is 13.7. The van der Waals surface area contributed by atoms with Gasteiger partial charge in [0, 0.05) is 11.8 Å². The van der Waals surface area contributed by atoms with Crippen LogP contribution in [0.3, 0.4) is 0 Å². The molecule has 0 aliphatic carbocycles. The van der Waals surface area contributed by atoms with Crippen molar-refractivity contribution in [2.75, 3.05) is 5.32 Å². The fourth-order valence-electron chi connectivity index (χ4n) is 2.23. The number of carbonyl (C=O) groups is 1. The molecule has 24 heavy (non-hydrogen) atoms. The fraction of sp³-hybridized carbons (Fsp3) is 0.118. The van der Waals surface area contributed by atoms with Crippen LogP contribution in [-0.2, 0) is 6.42 Å². The van der Waals surface area contributed by atoms with Gasteiger partial charge in [0.05, 0.1) is 12.0 Å². The number of hydrogen-bond donors (Lipinski definition) is 1. The Morgan fingerprint density at radius 3 is 2.71 bits per heavy atom. The summed E-state index contributed by atoms with van der Waals surface area (Å²) in [6, 6.07) is 9.80. The minimum atomic E-state index is -0.919. The van der Waals surface area contributed by atoms with Gasteiger partial charge in [-0.2, -0.15) is 4.98 Å². The number of para-hydroxylation sites is 1. The molecule has 0 aliphatic rings. The van der Waals surface area contributed by atoms with Gasteiger partial charge in [-0.15, -0.1) is 0 Å². The molecule has 0 saturated heterocycles. The molecule has 0 saturated carbocycles. The number of carbonyl (C=O) groups excluding carboxylic acids is 1. The molecule has 3 aromatic rings. The molecule has 1 amide bonds. The van der Waals surface area contributed by atoms with E-state index in [-0.39, 0.29) is 5.56 Å². The molecule has 3 rings (SSSR count). The van der Waals surface area contributed by atoms with E-state index < -0.39 is 17.5 Å². The van der Waals surface area contributed by atoms with Crippen LogP contribution in [-0.4, -0.2) is 16.0 Å². The quantitative estimate of drug-likeness (QED) is 0.795. The lowest BCUT2D eigenvalue weighted by atomic mass is 10.1. The van der Waals surface area contributed by atoms with E-state index in [0.29, 0.717) is 29.9 Å². The summed E-state index contributed by atoms with van der Waals surface area (Å²) in [7, 11) is 0.